The van der Waals surface area contributed by atoms with E-state index in [-0.39, 0.29) is 0 Å². The molecule has 0 aliphatic heterocycles. The largest absolute Gasteiger partial charge is 0.312 e. The molecule has 2 rings (SSSR count). The van der Waals surface area contributed by atoms with E-state index in [1.165, 1.54) is 34.6 Å². The molecule has 92 valence electrons. The van der Waals surface area contributed by atoms with E-state index in [4.69, 9.17) is 0 Å². The maximum Gasteiger partial charge on any atom is 0.0351 e. The fourth-order valence-corrected chi connectivity index (χ4v) is 3.40. The fraction of sp³-hybridized carbons (Fsp3) is 0.429. The first-order valence-corrected chi connectivity index (χ1v) is 7.98. The van der Waals surface area contributed by atoms with Crippen molar-refractivity contribution >= 4 is 22.7 Å². The normalized spacial score (nSPS) is 10.9. The van der Waals surface area contributed by atoms with Crippen LogP contribution in [0.2, 0.25) is 0 Å². The maximum absolute atomic E-state index is 3.51. The number of hydrogen-bond acceptors (Lipinski definition) is 3. The minimum atomic E-state index is 1.01. The fourth-order valence-electron chi connectivity index (χ4n) is 1.76. The first-order valence-electron chi connectivity index (χ1n) is 6.22. The lowest BCUT2D eigenvalue weighted by atomic mass is 10.2. The summed E-state index contributed by atoms with van der Waals surface area (Å²) in [5.41, 5.74) is 1.37. The van der Waals surface area contributed by atoms with Crippen LogP contribution in [0.3, 0.4) is 0 Å². The first kappa shape index (κ1) is 12.8. The highest BCUT2D eigenvalue weighted by atomic mass is 32.1. The Hall–Kier alpha value is -0.640. The molecule has 0 fully saturated rings. The molecule has 2 aromatic heterocycles. The summed E-state index contributed by atoms with van der Waals surface area (Å²) in [5.74, 6) is 0. The van der Waals surface area contributed by atoms with Gasteiger partial charge in [0.15, 0.2) is 0 Å². The lowest BCUT2D eigenvalue weighted by Gasteiger charge is -2.01. The molecule has 0 aliphatic rings. The number of unbranched alkanes of at least 4 members (excludes halogenated alkanes) is 2. The Labute approximate surface area is 112 Å². The quantitative estimate of drug-likeness (QED) is 0.712. The molecular weight excluding hydrogens is 246 g/mol. The summed E-state index contributed by atoms with van der Waals surface area (Å²) in [6.07, 6.45) is 3.92. The Balaban J connectivity index is 1.79. The summed E-state index contributed by atoms with van der Waals surface area (Å²) in [7, 11) is 0. The van der Waals surface area contributed by atoms with Crippen molar-refractivity contribution in [3.8, 4) is 10.4 Å². The van der Waals surface area contributed by atoms with E-state index in [1.54, 1.807) is 0 Å². The van der Waals surface area contributed by atoms with Gasteiger partial charge in [-0.15, -0.1) is 22.7 Å². The van der Waals surface area contributed by atoms with E-state index < -0.39 is 0 Å². The van der Waals surface area contributed by atoms with Gasteiger partial charge in [-0.2, -0.15) is 0 Å². The third kappa shape index (κ3) is 3.95. The molecule has 0 bridgehead atoms. The van der Waals surface area contributed by atoms with Crippen molar-refractivity contribution < 1.29 is 0 Å². The predicted molar refractivity (Wildman–Crippen MR) is 78.9 cm³/mol. The minimum absolute atomic E-state index is 1.01. The zero-order valence-corrected chi connectivity index (χ0v) is 11.9. The second kappa shape index (κ2) is 6.94. The molecular formula is C14H19NS2. The molecule has 2 aromatic rings. The third-order valence-electron chi connectivity index (χ3n) is 2.72. The molecule has 2 heterocycles. The van der Waals surface area contributed by atoms with Crippen molar-refractivity contribution in [2.75, 3.05) is 6.54 Å². The van der Waals surface area contributed by atoms with Crippen molar-refractivity contribution in [1.82, 2.24) is 5.32 Å². The smallest absolute Gasteiger partial charge is 0.0351 e. The molecule has 0 aromatic carbocycles. The van der Waals surface area contributed by atoms with E-state index in [2.05, 4.69) is 41.2 Å². The maximum atomic E-state index is 3.51. The summed E-state index contributed by atoms with van der Waals surface area (Å²) in [6, 6.07) is 6.61. The minimum Gasteiger partial charge on any atom is -0.312 e. The Bertz CT molecular complexity index is 417. The van der Waals surface area contributed by atoms with E-state index in [0.717, 1.165) is 13.1 Å². The van der Waals surface area contributed by atoms with Crippen LogP contribution in [0, 0.1) is 0 Å². The van der Waals surface area contributed by atoms with Crippen LogP contribution in [0.4, 0.5) is 0 Å². The Kier molecular flexibility index (Phi) is 5.23. The first-order chi connectivity index (χ1) is 8.40. The van der Waals surface area contributed by atoms with Crippen LogP contribution in [0.5, 0.6) is 0 Å². The van der Waals surface area contributed by atoms with Gasteiger partial charge in [0.2, 0.25) is 0 Å². The Morgan fingerprint density at radius 3 is 2.94 bits per heavy atom. The van der Waals surface area contributed by atoms with Crippen molar-refractivity contribution in [2.24, 2.45) is 0 Å². The number of hydrogen-bond donors (Lipinski definition) is 1. The zero-order chi connectivity index (χ0) is 11.9. The van der Waals surface area contributed by atoms with Crippen molar-refractivity contribution in [1.29, 1.82) is 0 Å². The van der Waals surface area contributed by atoms with Gasteiger partial charge in [0.05, 0.1) is 0 Å². The summed E-state index contributed by atoms with van der Waals surface area (Å²) < 4.78 is 0. The summed E-state index contributed by atoms with van der Waals surface area (Å²) in [6.45, 7) is 4.40. The van der Waals surface area contributed by atoms with Crippen molar-refractivity contribution in [3.63, 3.8) is 0 Å². The second-order valence-electron chi connectivity index (χ2n) is 4.16. The standard InChI is InChI=1S/C14H19NS2/c1-2-3-4-7-15-10-13-9-12(11-17-13)14-6-5-8-16-14/h5-6,8-9,11,15H,2-4,7,10H2,1H3. The van der Waals surface area contributed by atoms with Gasteiger partial charge in [-0.05, 0) is 35.9 Å². The van der Waals surface area contributed by atoms with Crippen LogP contribution in [-0.2, 0) is 6.54 Å². The number of thiophene rings is 2. The number of nitrogens with one attached hydrogen (secondary N) is 1. The molecule has 0 unspecified atom stereocenters. The topological polar surface area (TPSA) is 12.0 Å². The van der Waals surface area contributed by atoms with Crippen LogP contribution < -0.4 is 5.32 Å². The van der Waals surface area contributed by atoms with Gasteiger partial charge < -0.3 is 5.32 Å². The van der Waals surface area contributed by atoms with E-state index in [9.17, 15) is 0 Å². The van der Waals surface area contributed by atoms with Gasteiger partial charge in [-0.3, -0.25) is 0 Å². The zero-order valence-electron chi connectivity index (χ0n) is 10.2. The van der Waals surface area contributed by atoms with Crippen LogP contribution in [0.25, 0.3) is 10.4 Å². The number of rotatable bonds is 7. The van der Waals surface area contributed by atoms with Crippen LogP contribution in [0.15, 0.2) is 29.0 Å². The average molecular weight is 265 g/mol. The van der Waals surface area contributed by atoms with Crippen molar-refractivity contribution in [2.45, 2.75) is 32.7 Å². The molecule has 0 atom stereocenters. The predicted octanol–water partition coefficient (Wildman–Crippen LogP) is 4.76. The van der Waals surface area contributed by atoms with Crippen LogP contribution >= 0.6 is 22.7 Å². The highest BCUT2D eigenvalue weighted by Gasteiger charge is 2.02. The molecule has 1 nitrogen and oxygen atoms in total. The molecule has 3 heteroatoms. The SMILES string of the molecule is CCCCCNCc1cc(-c2cccs2)cs1. The summed E-state index contributed by atoms with van der Waals surface area (Å²) in [4.78, 5) is 2.81. The summed E-state index contributed by atoms with van der Waals surface area (Å²) >= 11 is 3.67. The van der Waals surface area contributed by atoms with E-state index in [1.807, 2.05) is 22.7 Å². The molecule has 17 heavy (non-hydrogen) atoms. The molecule has 0 spiro atoms. The average Bonchev–Trinajstić information content (AvgIpc) is 2.99. The van der Waals surface area contributed by atoms with E-state index in [0.29, 0.717) is 0 Å². The van der Waals surface area contributed by atoms with Gasteiger partial charge >= 0.3 is 0 Å². The van der Waals surface area contributed by atoms with Gasteiger partial charge in [-0.25, -0.2) is 0 Å². The molecule has 0 radical (unpaired) electrons. The second-order valence-corrected chi connectivity index (χ2v) is 6.11. The molecule has 0 amide bonds. The van der Waals surface area contributed by atoms with Crippen LogP contribution in [0.1, 0.15) is 31.1 Å². The molecule has 0 saturated carbocycles. The van der Waals surface area contributed by atoms with Gasteiger partial charge in [0.1, 0.15) is 0 Å². The lowest BCUT2D eigenvalue weighted by Crippen LogP contribution is -2.13. The Morgan fingerprint density at radius 1 is 1.24 bits per heavy atom. The monoisotopic (exact) mass is 265 g/mol. The lowest BCUT2D eigenvalue weighted by molar-refractivity contribution is 0.620. The van der Waals surface area contributed by atoms with Gasteiger partial charge in [-0.1, -0.05) is 25.8 Å². The van der Waals surface area contributed by atoms with Crippen LogP contribution in [-0.4, -0.2) is 6.54 Å². The summed E-state index contributed by atoms with van der Waals surface area (Å²) in [5, 5.41) is 7.90. The highest BCUT2D eigenvalue weighted by molar-refractivity contribution is 7.14. The van der Waals surface area contributed by atoms with Crippen molar-refractivity contribution in [3.05, 3.63) is 33.8 Å². The van der Waals surface area contributed by atoms with Gasteiger partial charge in [0, 0.05) is 21.9 Å². The van der Waals surface area contributed by atoms with E-state index >= 15 is 0 Å². The highest BCUT2D eigenvalue weighted by Crippen LogP contribution is 2.29. The molecule has 1 N–H and O–H groups in total. The van der Waals surface area contributed by atoms with Gasteiger partial charge in [0.25, 0.3) is 0 Å². The molecule has 0 aliphatic carbocycles. The third-order valence-corrected chi connectivity index (χ3v) is 4.57. The Morgan fingerprint density at radius 2 is 2.18 bits per heavy atom. The molecule has 0 saturated heterocycles.